The summed E-state index contributed by atoms with van der Waals surface area (Å²) in [5, 5.41) is 0. The standard InChI is InChI=1S/C90H159O3P/c1-19-31-49-73(25-7)64-82-79(55-43-37-40-46-70(13)14)58-61-88(85(82)67-76(28-10)52-34-22-4)91-94(92-89-62-59-80(56-44-38-41-47-71(15)16)83(65-74(26-8)50-32-20-2)86(89)68-77(29-11)53-35-23-5)93-90-63-60-81(57-45-39-42-48-72(17)18)84(66-75(27-9)51-33-21-3)87(90)69-78(30-12)54-36-24-6/h58-63,70-78H,19-57,64-69H2,1-18H3. The fourth-order valence-corrected chi connectivity index (χ4v) is 16.5. The van der Waals surface area contributed by atoms with Crippen molar-refractivity contribution in [2.75, 3.05) is 0 Å². The lowest BCUT2D eigenvalue weighted by molar-refractivity contribution is 0.369. The van der Waals surface area contributed by atoms with Crippen LogP contribution in [0.25, 0.3) is 0 Å². The molecule has 6 atom stereocenters. The number of hydrogen-bond donors (Lipinski definition) is 0. The fraction of sp³-hybridized carbons (Fsp3) is 0.800. The minimum Gasteiger partial charge on any atom is -0.408 e. The predicted octanol–water partition coefficient (Wildman–Crippen LogP) is 30.3. The van der Waals surface area contributed by atoms with E-state index in [2.05, 4.69) is 161 Å². The molecule has 0 fully saturated rings. The molecule has 3 nitrogen and oxygen atoms in total. The second-order valence-corrected chi connectivity index (χ2v) is 32.7. The fourth-order valence-electron chi connectivity index (χ4n) is 15.4. The average Bonchev–Trinajstić information content (AvgIpc) is 0.805. The zero-order valence-electron chi connectivity index (χ0n) is 66.2. The van der Waals surface area contributed by atoms with Crippen molar-refractivity contribution in [3.63, 3.8) is 0 Å². The topological polar surface area (TPSA) is 27.7 Å². The maximum absolute atomic E-state index is 8.06. The van der Waals surface area contributed by atoms with Crippen LogP contribution in [0.3, 0.4) is 0 Å². The van der Waals surface area contributed by atoms with Crippen LogP contribution >= 0.6 is 8.60 Å². The van der Waals surface area contributed by atoms with Gasteiger partial charge in [-0.2, -0.15) is 0 Å². The summed E-state index contributed by atoms with van der Waals surface area (Å²) in [6, 6.07) is 14.9. The minimum absolute atomic E-state index is 0.590. The Morgan fingerprint density at radius 2 is 0.457 bits per heavy atom. The van der Waals surface area contributed by atoms with Crippen molar-refractivity contribution >= 4 is 8.60 Å². The molecule has 0 aliphatic carbocycles. The Balaban J connectivity index is 2.69. The van der Waals surface area contributed by atoms with Crippen LogP contribution in [-0.2, 0) is 57.8 Å². The molecule has 6 unspecified atom stereocenters. The van der Waals surface area contributed by atoms with E-state index in [1.165, 1.54) is 248 Å². The Kier molecular flexibility index (Phi) is 47.9. The molecule has 3 aromatic carbocycles. The Hall–Kier alpha value is -2.51. The van der Waals surface area contributed by atoms with Crippen molar-refractivity contribution in [2.45, 2.75) is 414 Å². The third-order valence-electron chi connectivity index (χ3n) is 22.4. The van der Waals surface area contributed by atoms with Crippen molar-refractivity contribution in [3.05, 3.63) is 86.5 Å². The van der Waals surface area contributed by atoms with Gasteiger partial charge in [-0.05, 0) is 199 Å². The Morgan fingerprint density at radius 3 is 0.649 bits per heavy atom. The van der Waals surface area contributed by atoms with Gasteiger partial charge >= 0.3 is 8.60 Å². The zero-order chi connectivity index (χ0) is 68.9. The molecule has 94 heavy (non-hydrogen) atoms. The van der Waals surface area contributed by atoms with Gasteiger partial charge in [-0.1, -0.05) is 355 Å². The first kappa shape index (κ1) is 85.7. The molecule has 0 aliphatic rings. The summed E-state index contributed by atoms with van der Waals surface area (Å²) in [6.07, 6.45) is 55.5. The van der Waals surface area contributed by atoms with Crippen LogP contribution in [0.5, 0.6) is 17.2 Å². The highest BCUT2D eigenvalue weighted by Crippen LogP contribution is 2.50. The third-order valence-corrected chi connectivity index (χ3v) is 23.4. The summed E-state index contributed by atoms with van der Waals surface area (Å²) in [6.45, 7) is 43.4. The molecule has 0 bridgehead atoms. The van der Waals surface area contributed by atoms with Crippen LogP contribution in [0.1, 0.15) is 406 Å². The molecule has 0 aromatic heterocycles. The number of benzene rings is 3. The van der Waals surface area contributed by atoms with Gasteiger partial charge in [0.15, 0.2) is 0 Å². The number of hydrogen-bond acceptors (Lipinski definition) is 3. The maximum Gasteiger partial charge on any atom is 0.530 e. The molecule has 3 aromatic rings. The van der Waals surface area contributed by atoms with Crippen molar-refractivity contribution in [1.29, 1.82) is 0 Å². The second kappa shape index (κ2) is 52.5. The van der Waals surface area contributed by atoms with E-state index in [4.69, 9.17) is 13.6 Å². The summed E-state index contributed by atoms with van der Waals surface area (Å²) < 4.78 is 24.2. The van der Waals surface area contributed by atoms with E-state index < -0.39 is 8.60 Å². The van der Waals surface area contributed by atoms with E-state index >= 15 is 0 Å². The zero-order valence-corrected chi connectivity index (χ0v) is 67.0. The van der Waals surface area contributed by atoms with Crippen LogP contribution in [0, 0.1) is 53.3 Å². The van der Waals surface area contributed by atoms with E-state index in [1.807, 2.05) is 0 Å². The summed E-state index contributed by atoms with van der Waals surface area (Å²) in [5.74, 6) is 9.08. The van der Waals surface area contributed by atoms with Gasteiger partial charge in [0, 0.05) is 0 Å². The molecule has 542 valence electrons. The quantitative estimate of drug-likeness (QED) is 0.0416. The van der Waals surface area contributed by atoms with Crippen molar-refractivity contribution in [1.82, 2.24) is 0 Å². The summed E-state index contributed by atoms with van der Waals surface area (Å²) in [7, 11) is -1.99. The van der Waals surface area contributed by atoms with Gasteiger partial charge in [0.2, 0.25) is 0 Å². The smallest absolute Gasteiger partial charge is 0.408 e. The van der Waals surface area contributed by atoms with Gasteiger partial charge in [0.1, 0.15) is 17.2 Å². The summed E-state index contributed by atoms with van der Waals surface area (Å²) in [4.78, 5) is 0. The average molecular weight is 1320 g/mol. The van der Waals surface area contributed by atoms with Gasteiger partial charge in [0.25, 0.3) is 0 Å². The van der Waals surface area contributed by atoms with Crippen LogP contribution in [0.15, 0.2) is 36.4 Å². The molecule has 0 aliphatic heterocycles. The molecular weight excluding hydrogens is 1160 g/mol. The molecule has 0 saturated carbocycles. The summed E-state index contributed by atoms with van der Waals surface area (Å²) in [5.41, 5.74) is 14.0. The van der Waals surface area contributed by atoms with Crippen molar-refractivity contribution in [2.24, 2.45) is 53.3 Å². The molecule has 0 radical (unpaired) electrons. The minimum atomic E-state index is -1.99. The molecule has 0 heterocycles. The van der Waals surface area contributed by atoms with Crippen molar-refractivity contribution < 1.29 is 13.6 Å². The third kappa shape index (κ3) is 33.6. The SMILES string of the molecule is CCCCC(CC)Cc1c(CCCCCC(C)C)ccc(OP(Oc2ccc(CCCCCC(C)C)c(CC(CC)CCCC)c2CC(CC)CCCC)Oc2ccc(CCCCCC(C)C)c(CC(CC)CCCC)c2CC(CC)CCCC)c1CC(CC)CCCC. The highest BCUT2D eigenvalue weighted by molar-refractivity contribution is 7.43. The largest absolute Gasteiger partial charge is 0.530 e. The van der Waals surface area contributed by atoms with Gasteiger partial charge in [-0.3, -0.25) is 0 Å². The molecule has 0 amide bonds. The molecular formula is C90H159O3P. The molecule has 0 spiro atoms. The van der Waals surface area contributed by atoms with Crippen LogP contribution in [-0.4, -0.2) is 0 Å². The van der Waals surface area contributed by atoms with E-state index in [1.54, 1.807) is 33.4 Å². The van der Waals surface area contributed by atoms with Gasteiger partial charge in [-0.15, -0.1) is 0 Å². The predicted molar refractivity (Wildman–Crippen MR) is 421 cm³/mol. The normalized spacial score (nSPS) is 14.3. The lowest BCUT2D eigenvalue weighted by Crippen LogP contribution is -2.16. The highest BCUT2D eigenvalue weighted by atomic mass is 31.2. The van der Waals surface area contributed by atoms with E-state index in [0.29, 0.717) is 35.5 Å². The Labute approximate surface area is 589 Å². The molecule has 3 rings (SSSR count). The Bertz CT molecular complexity index is 2070. The van der Waals surface area contributed by atoms with E-state index in [0.717, 1.165) is 92.8 Å². The van der Waals surface area contributed by atoms with Gasteiger partial charge < -0.3 is 13.6 Å². The van der Waals surface area contributed by atoms with E-state index in [-0.39, 0.29) is 0 Å². The summed E-state index contributed by atoms with van der Waals surface area (Å²) >= 11 is 0. The molecule has 4 heteroatoms. The second-order valence-electron chi connectivity index (χ2n) is 31.7. The van der Waals surface area contributed by atoms with E-state index in [9.17, 15) is 0 Å². The lowest BCUT2D eigenvalue weighted by atomic mass is 9.82. The molecule has 0 N–H and O–H groups in total. The number of aryl methyl sites for hydroxylation is 3. The van der Waals surface area contributed by atoms with Crippen LogP contribution in [0.2, 0.25) is 0 Å². The maximum atomic E-state index is 8.06. The van der Waals surface area contributed by atoms with Crippen LogP contribution < -0.4 is 13.6 Å². The first-order valence-corrected chi connectivity index (χ1v) is 42.9. The highest BCUT2D eigenvalue weighted by Gasteiger charge is 2.32. The first-order valence-electron chi connectivity index (χ1n) is 41.8. The Morgan fingerprint density at radius 1 is 0.245 bits per heavy atom. The lowest BCUT2D eigenvalue weighted by Gasteiger charge is -2.29. The van der Waals surface area contributed by atoms with Crippen molar-refractivity contribution in [3.8, 4) is 17.2 Å². The number of unbranched alkanes of at least 4 members (excludes halogenated alkanes) is 12. The van der Waals surface area contributed by atoms with Crippen LogP contribution in [0.4, 0.5) is 0 Å². The number of rotatable bonds is 60. The monoisotopic (exact) mass is 1320 g/mol. The van der Waals surface area contributed by atoms with Gasteiger partial charge in [-0.25, -0.2) is 0 Å². The molecule has 0 saturated heterocycles. The first-order chi connectivity index (χ1) is 45.6. The van der Waals surface area contributed by atoms with Gasteiger partial charge in [0.05, 0.1) is 0 Å².